The maximum atomic E-state index is 12.9. The van der Waals surface area contributed by atoms with Crippen LogP contribution in [0.5, 0.6) is 0 Å². The van der Waals surface area contributed by atoms with Gasteiger partial charge in [-0.2, -0.15) is 0 Å². The molecule has 1 unspecified atom stereocenters. The van der Waals surface area contributed by atoms with Crippen molar-refractivity contribution in [2.45, 2.75) is 75.8 Å². The zero-order chi connectivity index (χ0) is 19.4. The van der Waals surface area contributed by atoms with E-state index < -0.39 is 16.1 Å². The van der Waals surface area contributed by atoms with Crippen LogP contribution in [0.4, 0.5) is 0 Å². The molecule has 0 radical (unpaired) electrons. The minimum absolute atomic E-state index is 0.0386. The summed E-state index contributed by atoms with van der Waals surface area (Å²) in [4.78, 5) is 17.7. The van der Waals surface area contributed by atoms with Crippen LogP contribution in [-0.4, -0.2) is 32.2 Å². The van der Waals surface area contributed by atoms with E-state index >= 15 is 0 Å². The van der Waals surface area contributed by atoms with E-state index in [9.17, 15) is 13.2 Å². The lowest BCUT2D eigenvalue weighted by molar-refractivity contribution is -0.124. The molecular formula is C20H29N3O3S. The minimum Gasteiger partial charge on any atom is -0.352 e. The van der Waals surface area contributed by atoms with E-state index in [1.165, 1.54) is 19.3 Å². The summed E-state index contributed by atoms with van der Waals surface area (Å²) < 4.78 is 27.1. The largest absolute Gasteiger partial charge is 0.352 e. The first kappa shape index (κ1) is 19.9. The highest BCUT2D eigenvalue weighted by atomic mass is 32.2. The van der Waals surface area contributed by atoms with Crippen LogP contribution < -0.4 is 10.0 Å². The summed E-state index contributed by atoms with van der Waals surface area (Å²) in [5, 5.41) is 3.16. The number of sulfonamides is 1. The average Bonchev–Trinajstić information content (AvgIpc) is 2.85. The second-order valence-electron chi connectivity index (χ2n) is 7.82. The Morgan fingerprint density at radius 3 is 2.41 bits per heavy atom. The number of rotatable bonds is 4. The van der Waals surface area contributed by atoms with Gasteiger partial charge in [0.15, 0.2) is 0 Å². The summed E-state index contributed by atoms with van der Waals surface area (Å²) in [6.45, 7) is 3.86. The van der Waals surface area contributed by atoms with Crippen molar-refractivity contribution in [2.75, 3.05) is 0 Å². The Kier molecular flexibility index (Phi) is 6.19. The average molecular weight is 392 g/mol. The van der Waals surface area contributed by atoms with Crippen LogP contribution in [0.15, 0.2) is 34.2 Å². The van der Waals surface area contributed by atoms with E-state index in [0.29, 0.717) is 5.56 Å². The van der Waals surface area contributed by atoms with Crippen LogP contribution in [0.1, 0.15) is 64.4 Å². The third-order valence-corrected chi connectivity index (χ3v) is 6.68. The molecular weight excluding hydrogens is 362 g/mol. The van der Waals surface area contributed by atoms with Crippen LogP contribution in [0.25, 0.3) is 0 Å². The molecule has 1 aliphatic carbocycles. The smallest absolute Gasteiger partial charge is 0.263 e. The lowest BCUT2D eigenvalue weighted by Crippen LogP contribution is -2.43. The van der Waals surface area contributed by atoms with Crippen LogP contribution in [0.2, 0.25) is 0 Å². The molecule has 27 heavy (non-hydrogen) atoms. The molecule has 1 atom stereocenters. The molecule has 1 saturated carbocycles. The predicted octanol–water partition coefficient (Wildman–Crippen LogP) is 2.98. The molecule has 2 aliphatic rings. The summed E-state index contributed by atoms with van der Waals surface area (Å²) in [5.74, 6) is 0.104. The molecule has 6 nitrogen and oxygen atoms in total. The van der Waals surface area contributed by atoms with Crippen molar-refractivity contribution < 1.29 is 13.2 Å². The molecule has 2 N–H and O–H groups in total. The predicted molar refractivity (Wildman–Crippen MR) is 106 cm³/mol. The van der Waals surface area contributed by atoms with Crippen LogP contribution in [0, 0.1) is 5.92 Å². The molecule has 1 aromatic carbocycles. The van der Waals surface area contributed by atoms with Gasteiger partial charge in [0.1, 0.15) is 11.9 Å². The fraction of sp³-hybridized carbons (Fsp3) is 0.600. The molecule has 0 bridgehead atoms. The van der Waals surface area contributed by atoms with Gasteiger partial charge in [-0.15, -0.1) is 0 Å². The van der Waals surface area contributed by atoms with Gasteiger partial charge in [-0.1, -0.05) is 58.1 Å². The molecule has 1 fully saturated rings. The standard InChI is InChI=1S/C20H29N3O3S/c1-14(2)18(20(24)21-15-10-6-4-3-5-7-11-15)22-19-16-12-8-9-13-17(16)27(25,26)23-19/h8-9,12-15,18H,3-7,10-11H2,1-2H3,(H,21,24)(H,22,23). The first-order chi connectivity index (χ1) is 12.9. The quantitative estimate of drug-likeness (QED) is 0.827. The van der Waals surface area contributed by atoms with E-state index in [-0.39, 0.29) is 28.6 Å². The summed E-state index contributed by atoms with van der Waals surface area (Å²) in [6.07, 6.45) is 8.01. The highest BCUT2D eigenvalue weighted by Gasteiger charge is 2.33. The van der Waals surface area contributed by atoms with E-state index in [1.807, 2.05) is 13.8 Å². The number of hydrogen-bond acceptors (Lipinski definition) is 4. The third-order valence-electron chi connectivity index (χ3n) is 5.28. The Morgan fingerprint density at radius 1 is 1.11 bits per heavy atom. The van der Waals surface area contributed by atoms with Crippen LogP contribution in [-0.2, 0) is 14.8 Å². The van der Waals surface area contributed by atoms with Gasteiger partial charge < -0.3 is 5.32 Å². The fourth-order valence-electron chi connectivity index (χ4n) is 3.77. The number of carbonyl (C=O) groups is 1. The van der Waals surface area contributed by atoms with Crippen molar-refractivity contribution in [3.63, 3.8) is 0 Å². The Morgan fingerprint density at radius 2 is 1.74 bits per heavy atom. The molecule has 0 spiro atoms. The van der Waals surface area contributed by atoms with Crippen LogP contribution in [0.3, 0.4) is 0 Å². The number of fused-ring (bicyclic) bond motifs is 1. The number of aliphatic imine (C=N–C) groups is 1. The van der Waals surface area contributed by atoms with Crippen molar-refractivity contribution in [1.82, 2.24) is 10.0 Å². The Labute approximate surface area is 161 Å². The van der Waals surface area contributed by atoms with Crippen molar-refractivity contribution in [3.05, 3.63) is 29.8 Å². The number of carbonyl (C=O) groups excluding carboxylic acids is 1. The number of nitrogens with one attached hydrogen (secondary N) is 2. The molecule has 7 heteroatoms. The van der Waals surface area contributed by atoms with E-state index in [4.69, 9.17) is 0 Å². The second kappa shape index (κ2) is 8.42. The van der Waals surface area contributed by atoms with Crippen molar-refractivity contribution in [3.8, 4) is 0 Å². The van der Waals surface area contributed by atoms with Gasteiger partial charge in [-0.3, -0.25) is 14.5 Å². The summed E-state index contributed by atoms with van der Waals surface area (Å²) >= 11 is 0. The topological polar surface area (TPSA) is 87.6 Å². The Hall–Kier alpha value is -1.89. The summed E-state index contributed by atoms with van der Waals surface area (Å²) in [6, 6.07) is 6.29. The van der Waals surface area contributed by atoms with Gasteiger partial charge in [0.2, 0.25) is 5.91 Å². The van der Waals surface area contributed by atoms with Crippen molar-refractivity contribution in [2.24, 2.45) is 10.9 Å². The first-order valence-electron chi connectivity index (χ1n) is 9.89. The second-order valence-corrected chi connectivity index (χ2v) is 9.47. The van der Waals surface area contributed by atoms with Gasteiger partial charge in [0.05, 0.1) is 4.90 Å². The zero-order valence-electron chi connectivity index (χ0n) is 16.1. The fourth-order valence-corrected chi connectivity index (χ4v) is 5.01. The highest BCUT2D eigenvalue weighted by Crippen LogP contribution is 2.24. The molecule has 1 aromatic rings. The highest BCUT2D eigenvalue weighted by molar-refractivity contribution is 7.90. The number of nitrogens with zero attached hydrogens (tertiary/aromatic N) is 1. The lowest BCUT2D eigenvalue weighted by Gasteiger charge is -2.24. The monoisotopic (exact) mass is 391 g/mol. The normalized spacial score (nSPS) is 22.6. The first-order valence-corrected chi connectivity index (χ1v) is 11.4. The molecule has 0 saturated heterocycles. The third kappa shape index (κ3) is 4.69. The molecule has 1 aliphatic heterocycles. The molecule has 1 heterocycles. The van der Waals surface area contributed by atoms with Gasteiger partial charge in [0.25, 0.3) is 10.0 Å². The number of benzene rings is 1. The maximum absolute atomic E-state index is 12.9. The molecule has 1 amide bonds. The number of hydrogen-bond donors (Lipinski definition) is 2. The van der Waals surface area contributed by atoms with E-state index in [1.54, 1.807) is 24.3 Å². The lowest BCUT2D eigenvalue weighted by atomic mass is 9.96. The van der Waals surface area contributed by atoms with Crippen molar-refractivity contribution in [1.29, 1.82) is 0 Å². The van der Waals surface area contributed by atoms with Gasteiger partial charge >= 0.3 is 0 Å². The summed E-state index contributed by atoms with van der Waals surface area (Å²) in [5.41, 5.74) is 0.530. The minimum atomic E-state index is -3.60. The van der Waals surface area contributed by atoms with Gasteiger partial charge in [0, 0.05) is 11.6 Å². The Bertz CT molecular complexity index is 810. The maximum Gasteiger partial charge on any atom is 0.263 e. The van der Waals surface area contributed by atoms with Crippen molar-refractivity contribution >= 4 is 21.8 Å². The zero-order valence-corrected chi connectivity index (χ0v) is 16.9. The van der Waals surface area contributed by atoms with Crippen LogP contribution >= 0.6 is 0 Å². The van der Waals surface area contributed by atoms with Gasteiger partial charge in [-0.05, 0) is 30.9 Å². The Balaban J connectivity index is 1.80. The summed E-state index contributed by atoms with van der Waals surface area (Å²) in [7, 11) is -3.60. The number of amides is 1. The van der Waals surface area contributed by atoms with E-state index in [2.05, 4.69) is 15.0 Å². The number of amidine groups is 1. The molecule has 148 valence electrons. The molecule has 0 aromatic heterocycles. The van der Waals surface area contributed by atoms with Gasteiger partial charge in [-0.25, -0.2) is 8.42 Å². The SMILES string of the molecule is CC(C)C(N=C1NS(=O)(=O)c2ccccc21)C(=O)NC1CCCCCCC1. The molecule has 3 rings (SSSR count). The van der Waals surface area contributed by atoms with E-state index in [0.717, 1.165) is 25.7 Å².